The molecule has 4 aromatic rings. The predicted molar refractivity (Wildman–Crippen MR) is 126 cm³/mol. The molecule has 1 saturated heterocycles. The summed E-state index contributed by atoms with van der Waals surface area (Å²) in [5, 5.41) is 5.36. The third-order valence-corrected chi connectivity index (χ3v) is 6.54. The van der Waals surface area contributed by atoms with Crippen molar-refractivity contribution in [2.24, 2.45) is 7.05 Å². The molecule has 6 nitrogen and oxygen atoms in total. The zero-order chi connectivity index (χ0) is 23.3. The summed E-state index contributed by atoms with van der Waals surface area (Å²) < 4.78 is 23.0. The number of hydrogen-bond donors (Lipinski definition) is 0. The maximum Gasteiger partial charge on any atom is 0.163 e. The monoisotopic (exact) mass is 465 g/mol. The van der Waals surface area contributed by atoms with Crippen LogP contribution in [0.25, 0.3) is 22.3 Å². The summed E-state index contributed by atoms with van der Waals surface area (Å²) in [6.07, 6.45) is 5.23. The Hall–Kier alpha value is -2.90. The van der Waals surface area contributed by atoms with Crippen molar-refractivity contribution < 1.29 is 9.13 Å². The number of fused-ring (bicyclic) bond motifs is 1. The number of hydrogen-bond acceptors (Lipinski definition) is 5. The minimum Gasteiger partial charge on any atom is -0.370 e. The SMILES string of the molecule is Cc1cc2c(-c3ccc(Cl)cc3F)nc([C@@H]3C[C@@H](C)O[C@@H](c4cnn(C)c4)C3)nc2nc1C. The molecule has 4 heterocycles. The Labute approximate surface area is 196 Å². The Balaban J connectivity index is 1.64. The lowest BCUT2D eigenvalue weighted by molar-refractivity contribution is -0.0511. The number of nitrogens with zero attached hydrogens (tertiary/aromatic N) is 5. The van der Waals surface area contributed by atoms with E-state index < -0.39 is 5.82 Å². The summed E-state index contributed by atoms with van der Waals surface area (Å²) in [6.45, 7) is 5.99. The van der Waals surface area contributed by atoms with Crippen molar-refractivity contribution >= 4 is 22.6 Å². The predicted octanol–water partition coefficient (Wildman–Crippen LogP) is 5.86. The van der Waals surface area contributed by atoms with E-state index in [1.165, 1.54) is 6.07 Å². The van der Waals surface area contributed by atoms with Gasteiger partial charge in [0.05, 0.1) is 24.1 Å². The van der Waals surface area contributed by atoms with Crippen LogP contribution in [-0.2, 0) is 11.8 Å². The van der Waals surface area contributed by atoms with Crippen LogP contribution in [0.4, 0.5) is 4.39 Å². The highest BCUT2D eigenvalue weighted by molar-refractivity contribution is 6.30. The van der Waals surface area contributed by atoms with E-state index in [1.807, 2.05) is 39.4 Å². The van der Waals surface area contributed by atoms with Crippen LogP contribution in [-0.4, -0.2) is 30.8 Å². The molecule has 3 aromatic heterocycles. The van der Waals surface area contributed by atoms with Gasteiger partial charge in [0, 0.05) is 46.4 Å². The van der Waals surface area contributed by atoms with E-state index in [2.05, 4.69) is 12.0 Å². The summed E-state index contributed by atoms with van der Waals surface area (Å²) >= 11 is 6.01. The van der Waals surface area contributed by atoms with Gasteiger partial charge in [-0.15, -0.1) is 0 Å². The van der Waals surface area contributed by atoms with E-state index in [4.69, 9.17) is 31.3 Å². The number of ether oxygens (including phenoxy) is 1. The number of halogens is 2. The second kappa shape index (κ2) is 8.47. The van der Waals surface area contributed by atoms with Crippen LogP contribution in [0.15, 0.2) is 36.7 Å². The number of benzene rings is 1. The molecule has 0 unspecified atom stereocenters. The number of aryl methyl sites for hydroxylation is 3. The lowest BCUT2D eigenvalue weighted by Gasteiger charge is -2.33. The average Bonchev–Trinajstić information content (AvgIpc) is 3.20. The molecule has 0 spiro atoms. The van der Waals surface area contributed by atoms with Gasteiger partial charge in [0.15, 0.2) is 5.65 Å². The Morgan fingerprint density at radius 2 is 1.94 bits per heavy atom. The van der Waals surface area contributed by atoms with Gasteiger partial charge in [0.1, 0.15) is 11.6 Å². The van der Waals surface area contributed by atoms with E-state index in [9.17, 15) is 4.39 Å². The van der Waals surface area contributed by atoms with Crippen LogP contribution in [0.5, 0.6) is 0 Å². The summed E-state index contributed by atoms with van der Waals surface area (Å²) in [6, 6.07) is 6.64. The van der Waals surface area contributed by atoms with Crippen LogP contribution in [0.3, 0.4) is 0 Å². The van der Waals surface area contributed by atoms with Crippen molar-refractivity contribution in [3.63, 3.8) is 0 Å². The summed E-state index contributed by atoms with van der Waals surface area (Å²) in [5.74, 6) is 0.285. The Kier molecular flexibility index (Phi) is 5.62. The van der Waals surface area contributed by atoms with Crippen LogP contribution in [0.2, 0.25) is 5.02 Å². The van der Waals surface area contributed by atoms with Crippen molar-refractivity contribution in [2.75, 3.05) is 0 Å². The minimum atomic E-state index is -0.416. The summed E-state index contributed by atoms with van der Waals surface area (Å²) in [4.78, 5) is 14.5. The smallest absolute Gasteiger partial charge is 0.163 e. The van der Waals surface area contributed by atoms with Crippen LogP contribution >= 0.6 is 11.6 Å². The Morgan fingerprint density at radius 1 is 1.12 bits per heavy atom. The first-order valence-electron chi connectivity index (χ1n) is 11.0. The third kappa shape index (κ3) is 4.23. The molecule has 1 fully saturated rings. The quantitative estimate of drug-likeness (QED) is 0.379. The maximum atomic E-state index is 15.0. The maximum absolute atomic E-state index is 15.0. The van der Waals surface area contributed by atoms with Gasteiger partial charge < -0.3 is 4.74 Å². The molecule has 0 aliphatic carbocycles. The lowest BCUT2D eigenvalue weighted by Crippen LogP contribution is -2.26. The highest BCUT2D eigenvalue weighted by Gasteiger charge is 2.32. The first-order chi connectivity index (χ1) is 15.8. The normalized spacial score (nSPS) is 21.0. The lowest BCUT2D eigenvalue weighted by atomic mass is 9.89. The van der Waals surface area contributed by atoms with E-state index >= 15 is 0 Å². The van der Waals surface area contributed by atoms with Crippen molar-refractivity contribution in [1.29, 1.82) is 0 Å². The second-order valence-electron chi connectivity index (χ2n) is 8.87. The molecular weight excluding hydrogens is 441 g/mol. The topological polar surface area (TPSA) is 65.7 Å². The van der Waals surface area contributed by atoms with Crippen LogP contribution in [0.1, 0.15) is 54.4 Å². The van der Waals surface area contributed by atoms with Gasteiger partial charge in [-0.05, 0) is 63.4 Å². The van der Waals surface area contributed by atoms with E-state index in [1.54, 1.807) is 16.8 Å². The number of aromatic nitrogens is 5. The third-order valence-electron chi connectivity index (χ3n) is 6.31. The molecule has 5 rings (SSSR count). The molecule has 0 bridgehead atoms. The highest BCUT2D eigenvalue weighted by Crippen LogP contribution is 2.40. The summed E-state index contributed by atoms with van der Waals surface area (Å²) in [7, 11) is 1.89. The van der Waals surface area contributed by atoms with E-state index in [-0.39, 0.29) is 18.1 Å². The average molecular weight is 466 g/mol. The first-order valence-corrected chi connectivity index (χ1v) is 11.4. The molecule has 0 saturated carbocycles. The zero-order valence-corrected chi connectivity index (χ0v) is 19.8. The molecular formula is C25H25ClFN5O. The fourth-order valence-electron chi connectivity index (χ4n) is 4.51. The van der Waals surface area contributed by atoms with Crippen LogP contribution in [0, 0.1) is 19.7 Å². The second-order valence-corrected chi connectivity index (χ2v) is 9.30. The van der Waals surface area contributed by atoms with Gasteiger partial charge in [0.25, 0.3) is 0 Å². The van der Waals surface area contributed by atoms with Gasteiger partial charge in [0.2, 0.25) is 0 Å². The van der Waals surface area contributed by atoms with Crippen molar-refractivity contribution in [2.45, 2.75) is 51.7 Å². The molecule has 0 radical (unpaired) electrons. The van der Waals surface area contributed by atoms with Gasteiger partial charge in [-0.2, -0.15) is 5.10 Å². The van der Waals surface area contributed by atoms with Crippen LogP contribution < -0.4 is 0 Å². The molecule has 1 aliphatic rings. The fraction of sp³-hybridized carbons (Fsp3) is 0.360. The van der Waals surface area contributed by atoms with Gasteiger partial charge in [-0.25, -0.2) is 19.3 Å². The molecule has 0 amide bonds. The van der Waals surface area contributed by atoms with Crippen molar-refractivity contribution in [3.05, 3.63) is 70.1 Å². The molecule has 170 valence electrons. The molecule has 1 aliphatic heterocycles. The molecule has 3 atom stereocenters. The molecule has 1 aromatic carbocycles. The largest absolute Gasteiger partial charge is 0.370 e. The van der Waals surface area contributed by atoms with Crippen molar-refractivity contribution in [1.82, 2.24) is 24.7 Å². The van der Waals surface area contributed by atoms with Crippen molar-refractivity contribution in [3.8, 4) is 11.3 Å². The van der Waals surface area contributed by atoms with E-state index in [0.29, 0.717) is 27.8 Å². The Bertz CT molecular complexity index is 1350. The molecule has 8 heteroatoms. The highest BCUT2D eigenvalue weighted by atomic mass is 35.5. The van der Waals surface area contributed by atoms with Gasteiger partial charge in [-0.3, -0.25) is 4.68 Å². The van der Waals surface area contributed by atoms with Gasteiger partial charge >= 0.3 is 0 Å². The number of pyridine rings is 1. The fourth-order valence-corrected chi connectivity index (χ4v) is 4.67. The standard InChI is InChI=1S/C25H25ClFN5O/c1-13-7-20-23(19-6-5-18(26)10-21(19)27)30-24(31-25(20)29-15(13)3)16-8-14(2)33-22(9-16)17-11-28-32(4)12-17/h5-7,10-12,14,16,22H,8-9H2,1-4H3/t14-,16-,22-/m1/s1. The number of rotatable bonds is 3. The zero-order valence-electron chi connectivity index (χ0n) is 19.0. The molecule has 33 heavy (non-hydrogen) atoms. The summed E-state index contributed by atoms with van der Waals surface area (Å²) in [5.41, 5.74) is 4.43. The Morgan fingerprint density at radius 3 is 2.67 bits per heavy atom. The molecule has 0 N–H and O–H groups in total. The van der Waals surface area contributed by atoms with E-state index in [0.717, 1.165) is 35.0 Å². The van der Waals surface area contributed by atoms with Gasteiger partial charge in [-0.1, -0.05) is 11.6 Å². The minimum absolute atomic E-state index is 0.0247. The first kappa shape index (κ1) is 21.9.